The first-order chi connectivity index (χ1) is 10.6. The summed E-state index contributed by atoms with van der Waals surface area (Å²) in [6.07, 6.45) is 2.77. The molecular weight excluding hydrogens is 284 g/mol. The molecule has 3 heterocycles. The molecule has 7 nitrogen and oxygen atoms in total. The Hall–Kier alpha value is -1.47. The molecule has 2 N–H and O–H groups in total. The van der Waals surface area contributed by atoms with E-state index in [4.69, 9.17) is 0 Å². The van der Waals surface area contributed by atoms with E-state index in [-0.39, 0.29) is 23.8 Å². The number of imide groups is 1. The zero-order chi connectivity index (χ0) is 15.7. The zero-order valence-corrected chi connectivity index (χ0v) is 13.3. The van der Waals surface area contributed by atoms with Crippen molar-refractivity contribution in [2.75, 3.05) is 52.9 Å². The van der Waals surface area contributed by atoms with Gasteiger partial charge in [0.25, 0.3) is 11.8 Å². The molecule has 122 valence electrons. The van der Waals surface area contributed by atoms with E-state index < -0.39 is 0 Å². The summed E-state index contributed by atoms with van der Waals surface area (Å²) in [6, 6.07) is -0.237. The summed E-state index contributed by atoms with van der Waals surface area (Å²) in [5.41, 5.74) is 0. The van der Waals surface area contributed by atoms with Crippen molar-refractivity contribution in [2.45, 2.75) is 25.3 Å². The third-order valence-electron chi connectivity index (χ3n) is 5.34. The van der Waals surface area contributed by atoms with E-state index in [2.05, 4.69) is 0 Å². The Morgan fingerprint density at radius 3 is 2.32 bits per heavy atom. The number of likely N-dealkylation sites (tertiary alicyclic amines) is 2. The smallest absolute Gasteiger partial charge is 0.287 e. The van der Waals surface area contributed by atoms with Gasteiger partial charge < -0.3 is 14.7 Å². The van der Waals surface area contributed by atoms with E-state index in [1.165, 1.54) is 22.6 Å². The van der Waals surface area contributed by atoms with Gasteiger partial charge in [0.1, 0.15) is 0 Å². The van der Waals surface area contributed by atoms with Crippen LogP contribution in [0.25, 0.3) is 0 Å². The first-order valence-corrected chi connectivity index (χ1v) is 8.32. The van der Waals surface area contributed by atoms with Crippen LogP contribution in [0.3, 0.4) is 0 Å². The largest absolute Gasteiger partial charge is 0.327 e. The second-order valence-corrected chi connectivity index (χ2v) is 6.72. The first-order valence-electron chi connectivity index (χ1n) is 8.32. The number of piperazine rings is 1. The number of quaternary nitrogens is 2. The Morgan fingerprint density at radius 1 is 1.14 bits per heavy atom. The number of hydrogen-bond donors (Lipinski definition) is 2. The number of nitrogens with zero attached hydrogens (tertiary/aromatic N) is 2. The maximum Gasteiger partial charge on any atom is 0.287 e. The lowest BCUT2D eigenvalue weighted by atomic mass is 10.1. The molecule has 0 aromatic heterocycles. The molecule has 0 aromatic carbocycles. The SMILES string of the molecule is CN1C(=O)C[C@H]([NH+]2CCN(C(=O)C[NH+]3CCCC3)CC2)C1=O. The van der Waals surface area contributed by atoms with Crippen molar-refractivity contribution in [1.82, 2.24) is 9.80 Å². The maximum atomic E-state index is 12.3. The second-order valence-electron chi connectivity index (χ2n) is 6.72. The van der Waals surface area contributed by atoms with Gasteiger partial charge in [-0.05, 0) is 0 Å². The molecule has 3 rings (SSSR count). The second kappa shape index (κ2) is 6.34. The summed E-state index contributed by atoms with van der Waals surface area (Å²) in [6.45, 7) is 5.76. The van der Waals surface area contributed by atoms with Crippen LogP contribution < -0.4 is 9.80 Å². The van der Waals surface area contributed by atoms with E-state index >= 15 is 0 Å². The van der Waals surface area contributed by atoms with Crippen LogP contribution in [0.1, 0.15) is 19.3 Å². The van der Waals surface area contributed by atoms with Gasteiger partial charge >= 0.3 is 0 Å². The molecule has 0 radical (unpaired) electrons. The fraction of sp³-hybridized carbons (Fsp3) is 0.800. The van der Waals surface area contributed by atoms with Crippen molar-refractivity contribution in [3.05, 3.63) is 0 Å². The van der Waals surface area contributed by atoms with Gasteiger partial charge in [-0.2, -0.15) is 0 Å². The number of carbonyl (C=O) groups excluding carboxylic acids is 3. The molecule has 0 aliphatic carbocycles. The molecule has 1 atom stereocenters. The fourth-order valence-corrected chi connectivity index (χ4v) is 3.84. The van der Waals surface area contributed by atoms with Gasteiger partial charge in [-0.3, -0.25) is 19.3 Å². The topological polar surface area (TPSA) is 66.6 Å². The van der Waals surface area contributed by atoms with E-state index in [0.29, 0.717) is 26.1 Å². The normalized spacial score (nSPS) is 28.0. The first kappa shape index (κ1) is 15.4. The molecule has 0 aromatic rings. The van der Waals surface area contributed by atoms with Gasteiger partial charge in [-0.1, -0.05) is 0 Å². The quantitative estimate of drug-likeness (QED) is 0.525. The monoisotopic (exact) mass is 310 g/mol. The van der Waals surface area contributed by atoms with Crippen LogP contribution in [0, 0.1) is 0 Å². The molecule has 22 heavy (non-hydrogen) atoms. The van der Waals surface area contributed by atoms with Crippen LogP contribution in [0.4, 0.5) is 0 Å². The van der Waals surface area contributed by atoms with E-state index in [1.54, 1.807) is 7.05 Å². The number of rotatable bonds is 3. The highest BCUT2D eigenvalue weighted by molar-refractivity contribution is 6.04. The highest BCUT2D eigenvalue weighted by Crippen LogP contribution is 2.08. The molecule has 0 unspecified atom stereocenters. The van der Waals surface area contributed by atoms with Gasteiger partial charge in [0.15, 0.2) is 12.6 Å². The Kier molecular flexibility index (Phi) is 4.44. The molecule has 0 bridgehead atoms. The van der Waals surface area contributed by atoms with Gasteiger partial charge in [-0.15, -0.1) is 0 Å². The van der Waals surface area contributed by atoms with Crippen molar-refractivity contribution >= 4 is 17.7 Å². The molecular formula is C15H26N4O3+2. The number of amides is 3. The molecule has 3 saturated heterocycles. The molecule has 0 saturated carbocycles. The number of hydrogen-bond acceptors (Lipinski definition) is 3. The Labute approximate surface area is 130 Å². The lowest BCUT2D eigenvalue weighted by Crippen LogP contribution is -3.19. The number of nitrogens with one attached hydrogen (secondary N) is 2. The van der Waals surface area contributed by atoms with Crippen LogP contribution in [-0.4, -0.2) is 86.4 Å². The average Bonchev–Trinajstić information content (AvgIpc) is 3.12. The lowest BCUT2D eigenvalue weighted by Gasteiger charge is -2.34. The van der Waals surface area contributed by atoms with Crippen molar-refractivity contribution in [1.29, 1.82) is 0 Å². The summed E-state index contributed by atoms with van der Waals surface area (Å²) in [7, 11) is 1.56. The standard InChI is InChI=1S/C15H24N4O3/c1-16-13(20)10-12(15(16)22)18-6-8-19(9-7-18)14(21)11-17-4-2-3-5-17/h12H,2-11H2,1H3/p+2/t12-/m0/s1. The van der Waals surface area contributed by atoms with Crippen LogP contribution >= 0.6 is 0 Å². The van der Waals surface area contributed by atoms with Gasteiger partial charge in [0, 0.05) is 19.9 Å². The van der Waals surface area contributed by atoms with Crippen molar-refractivity contribution in [3.8, 4) is 0 Å². The summed E-state index contributed by atoms with van der Waals surface area (Å²) < 4.78 is 0. The Bertz CT molecular complexity index is 467. The van der Waals surface area contributed by atoms with Crippen molar-refractivity contribution in [2.24, 2.45) is 0 Å². The summed E-state index contributed by atoms with van der Waals surface area (Å²) in [4.78, 5) is 41.7. The molecule has 3 aliphatic heterocycles. The van der Waals surface area contributed by atoms with Crippen LogP contribution in [0.2, 0.25) is 0 Å². The summed E-state index contributed by atoms with van der Waals surface area (Å²) in [5, 5.41) is 0. The predicted octanol–water partition coefficient (Wildman–Crippen LogP) is -3.85. The van der Waals surface area contributed by atoms with Crippen molar-refractivity contribution in [3.63, 3.8) is 0 Å². The maximum absolute atomic E-state index is 12.3. The predicted molar refractivity (Wildman–Crippen MR) is 78.3 cm³/mol. The fourth-order valence-electron chi connectivity index (χ4n) is 3.84. The summed E-state index contributed by atoms with van der Waals surface area (Å²) in [5.74, 6) is 0.0850. The van der Waals surface area contributed by atoms with Gasteiger partial charge in [0.05, 0.1) is 45.7 Å². The molecule has 3 fully saturated rings. The van der Waals surface area contributed by atoms with Crippen LogP contribution in [-0.2, 0) is 14.4 Å². The summed E-state index contributed by atoms with van der Waals surface area (Å²) >= 11 is 0. The number of carbonyl (C=O) groups is 3. The highest BCUT2D eigenvalue weighted by atomic mass is 16.2. The molecule has 7 heteroatoms. The van der Waals surface area contributed by atoms with Gasteiger partial charge in [-0.25, -0.2) is 0 Å². The van der Waals surface area contributed by atoms with Crippen molar-refractivity contribution < 1.29 is 24.2 Å². The average molecular weight is 310 g/mol. The number of likely N-dealkylation sites (N-methyl/N-ethyl adjacent to an activating group) is 1. The zero-order valence-electron chi connectivity index (χ0n) is 13.3. The Balaban J connectivity index is 1.49. The molecule has 0 spiro atoms. The minimum absolute atomic E-state index is 0.0683. The highest BCUT2D eigenvalue weighted by Gasteiger charge is 2.44. The van der Waals surface area contributed by atoms with Crippen LogP contribution in [0.5, 0.6) is 0 Å². The Morgan fingerprint density at radius 2 is 1.77 bits per heavy atom. The molecule has 3 aliphatic rings. The van der Waals surface area contributed by atoms with E-state index in [1.807, 2.05) is 4.90 Å². The third kappa shape index (κ3) is 3.01. The third-order valence-corrected chi connectivity index (χ3v) is 5.34. The minimum atomic E-state index is -0.237. The van der Waals surface area contributed by atoms with Crippen LogP contribution in [0.15, 0.2) is 0 Å². The lowest BCUT2D eigenvalue weighted by molar-refractivity contribution is -0.919. The minimum Gasteiger partial charge on any atom is -0.327 e. The van der Waals surface area contributed by atoms with E-state index in [0.717, 1.165) is 31.1 Å². The molecule has 3 amide bonds. The van der Waals surface area contributed by atoms with E-state index in [9.17, 15) is 14.4 Å². The van der Waals surface area contributed by atoms with Gasteiger partial charge in [0.2, 0.25) is 5.91 Å².